The van der Waals surface area contributed by atoms with E-state index in [0.29, 0.717) is 54.7 Å². The van der Waals surface area contributed by atoms with Crippen LogP contribution < -0.4 is 10.6 Å². The van der Waals surface area contributed by atoms with Gasteiger partial charge in [-0.3, -0.25) is 29.5 Å². The molecule has 1 aromatic carbocycles. The van der Waals surface area contributed by atoms with Gasteiger partial charge in [-0.25, -0.2) is 0 Å². The monoisotopic (exact) mass is 572 g/mol. The predicted molar refractivity (Wildman–Crippen MR) is 142 cm³/mol. The fraction of sp³-hybridized carbons (Fsp3) is 0.440. The van der Waals surface area contributed by atoms with Crippen LogP contribution in [0.25, 0.3) is 0 Å². The van der Waals surface area contributed by atoms with Gasteiger partial charge in [0.1, 0.15) is 5.69 Å². The number of amides is 3. The maximum absolute atomic E-state index is 13.4. The van der Waals surface area contributed by atoms with Crippen LogP contribution in [0, 0.1) is 10.1 Å². The number of carbonyl (C=O) groups is 3. The van der Waals surface area contributed by atoms with Crippen molar-refractivity contribution in [1.29, 1.82) is 0 Å². The van der Waals surface area contributed by atoms with E-state index < -0.39 is 4.92 Å². The molecule has 3 amide bonds. The summed E-state index contributed by atoms with van der Waals surface area (Å²) in [5.74, 6) is -0.753. The van der Waals surface area contributed by atoms with Gasteiger partial charge in [0.25, 0.3) is 17.5 Å². The lowest BCUT2D eigenvalue weighted by atomic mass is 10.0. The van der Waals surface area contributed by atoms with Crippen LogP contribution in [0.1, 0.15) is 59.7 Å². The smallest absolute Gasteiger partial charge is 0.294 e. The van der Waals surface area contributed by atoms with Crippen molar-refractivity contribution in [3.8, 4) is 0 Å². The van der Waals surface area contributed by atoms with Gasteiger partial charge in [-0.05, 0) is 44.2 Å². The van der Waals surface area contributed by atoms with Crippen molar-refractivity contribution >= 4 is 50.7 Å². The van der Waals surface area contributed by atoms with Gasteiger partial charge in [0.15, 0.2) is 0 Å². The first kappa shape index (κ1) is 26.5. The Kier molecular flexibility index (Phi) is 8.37. The number of likely N-dealkylation sites (tertiary alicyclic amines) is 2. The highest BCUT2D eigenvalue weighted by atomic mass is 79.9. The molecule has 0 radical (unpaired) electrons. The Morgan fingerprint density at radius 1 is 1.03 bits per heavy atom. The third-order valence-electron chi connectivity index (χ3n) is 6.52. The molecular weight excluding hydrogens is 544 g/mol. The minimum atomic E-state index is -0.495. The fourth-order valence-electron chi connectivity index (χ4n) is 4.82. The standard InChI is InChI=1S/C25H29BrN6O5/c1-16(33)28-20-10-17(13-27-14-20)24(34)31-9-5-6-19(15-31)29-23-21(11-18(26)12-22(23)32(36)37)25(35)30-7-3-2-4-8-30/h10-14,19,29H,2-9,15H2,1H3,(H,28,33)/t19-/m1/s1. The normalized spacial score (nSPS) is 17.7. The van der Waals surface area contributed by atoms with Gasteiger partial charge >= 0.3 is 0 Å². The molecule has 2 aromatic rings. The number of pyridine rings is 1. The number of hydrogen-bond donors (Lipinski definition) is 2. The highest BCUT2D eigenvalue weighted by Gasteiger charge is 2.31. The third kappa shape index (κ3) is 6.43. The zero-order valence-electron chi connectivity index (χ0n) is 20.5. The number of carbonyl (C=O) groups excluding carboxylic acids is 3. The zero-order valence-corrected chi connectivity index (χ0v) is 22.1. The van der Waals surface area contributed by atoms with E-state index in [1.165, 1.54) is 25.4 Å². The van der Waals surface area contributed by atoms with Gasteiger partial charge in [-0.1, -0.05) is 15.9 Å². The highest BCUT2D eigenvalue weighted by molar-refractivity contribution is 9.10. The number of nitrogens with zero attached hydrogens (tertiary/aromatic N) is 4. The number of hydrogen-bond acceptors (Lipinski definition) is 7. The Bertz CT molecular complexity index is 1220. The molecule has 3 heterocycles. The summed E-state index contributed by atoms with van der Waals surface area (Å²) < 4.78 is 0.456. The maximum atomic E-state index is 13.4. The SMILES string of the molecule is CC(=O)Nc1cncc(C(=O)N2CCC[C@@H](Nc3c(C(=O)N4CCCCC4)cc(Br)cc3[N+](=O)[O-])C2)c1. The number of nitro groups is 1. The van der Waals surface area contributed by atoms with Gasteiger partial charge in [0.05, 0.1) is 27.9 Å². The number of nitro benzene ring substituents is 1. The van der Waals surface area contributed by atoms with E-state index in [0.717, 1.165) is 19.3 Å². The summed E-state index contributed by atoms with van der Waals surface area (Å²) in [5.41, 5.74) is 1.00. The fourth-order valence-corrected chi connectivity index (χ4v) is 5.26. The molecular formula is C25H29BrN6O5. The van der Waals surface area contributed by atoms with Crippen molar-refractivity contribution in [2.24, 2.45) is 0 Å². The number of nitrogens with one attached hydrogen (secondary N) is 2. The van der Waals surface area contributed by atoms with Crippen molar-refractivity contribution in [3.63, 3.8) is 0 Å². The second-order valence-electron chi connectivity index (χ2n) is 9.34. The molecule has 4 rings (SSSR count). The lowest BCUT2D eigenvalue weighted by Gasteiger charge is -2.34. The van der Waals surface area contributed by atoms with E-state index in [1.807, 2.05) is 0 Å². The first-order chi connectivity index (χ1) is 17.7. The highest BCUT2D eigenvalue weighted by Crippen LogP contribution is 2.35. The largest absolute Gasteiger partial charge is 0.374 e. The van der Waals surface area contributed by atoms with Gasteiger partial charge in [-0.15, -0.1) is 0 Å². The molecule has 12 heteroatoms. The van der Waals surface area contributed by atoms with Crippen LogP contribution in [0.2, 0.25) is 0 Å². The molecule has 1 aromatic heterocycles. The predicted octanol–water partition coefficient (Wildman–Crippen LogP) is 4.05. The van der Waals surface area contributed by atoms with Crippen LogP contribution >= 0.6 is 15.9 Å². The average Bonchev–Trinajstić information content (AvgIpc) is 2.89. The van der Waals surface area contributed by atoms with E-state index in [2.05, 4.69) is 31.5 Å². The molecule has 2 saturated heterocycles. The van der Waals surface area contributed by atoms with Gasteiger partial charge in [-0.2, -0.15) is 0 Å². The van der Waals surface area contributed by atoms with E-state index in [9.17, 15) is 24.5 Å². The second kappa shape index (κ2) is 11.7. The summed E-state index contributed by atoms with van der Waals surface area (Å²) in [5, 5.41) is 17.8. The minimum Gasteiger partial charge on any atom is -0.374 e. The topological polar surface area (TPSA) is 138 Å². The summed E-state index contributed by atoms with van der Waals surface area (Å²) in [7, 11) is 0. The second-order valence-corrected chi connectivity index (χ2v) is 10.3. The molecule has 196 valence electrons. The van der Waals surface area contributed by atoms with Crippen molar-refractivity contribution < 1.29 is 19.3 Å². The van der Waals surface area contributed by atoms with Crippen molar-refractivity contribution in [1.82, 2.24) is 14.8 Å². The van der Waals surface area contributed by atoms with E-state index in [4.69, 9.17) is 0 Å². The Balaban J connectivity index is 1.57. The number of aromatic nitrogens is 1. The Hall–Kier alpha value is -3.54. The summed E-state index contributed by atoms with van der Waals surface area (Å²) >= 11 is 3.32. The summed E-state index contributed by atoms with van der Waals surface area (Å²) in [4.78, 5) is 56.9. The molecule has 11 nitrogen and oxygen atoms in total. The first-order valence-corrected chi connectivity index (χ1v) is 13.1. The molecule has 1 atom stereocenters. The third-order valence-corrected chi connectivity index (χ3v) is 6.97. The number of anilines is 2. The van der Waals surface area contributed by atoms with Gasteiger partial charge < -0.3 is 20.4 Å². The maximum Gasteiger partial charge on any atom is 0.294 e. The van der Waals surface area contributed by atoms with Crippen molar-refractivity contribution in [3.05, 3.63) is 56.3 Å². The Morgan fingerprint density at radius 2 is 1.76 bits per heavy atom. The number of rotatable bonds is 6. The summed E-state index contributed by atoms with van der Waals surface area (Å²) in [6.45, 7) is 3.43. The molecule has 2 aliphatic heterocycles. The Labute approximate surface area is 222 Å². The van der Waals surface area contributed by atoms with Gasteiger partial charge in [0, 0.05) is 55.9 Å². The first-order valence-electron chi connectivity index (χ1n) is 12.3. The molecule has 37 heavy (non-hydrogen) atoms. The van der Waals surface area contributed by atoms with Crippen LogP contribution in [-0.2, 0) is 4.79 Å². The average molecular weight is 573 g/mol. The molecule has 0 spiro atoms. The number of piperidine rings is 2. The zero-order chi connectivity index (χ0) is 26.5. The minimum absolute atomic E-state index is 0.178. The molecule has 0 aliphatic carbocycles. The van der Waals surface area contributed by atoms with E-state index in [-0.39, 0.29) is 40.7 Å². The molecule has 0 unspecified atom stereocenters. The van der Waals surface area contributed by atoms with Crippen LogP contribution in [0.3, 0.4) is 0 Å². The van der Waals surface area contributed by atoms with E-state index in [1.54, 1.807) is 21.9 Å². The van der Waals surface area contributed by atoms with Crippen molar-refractivity contribution in [2.45, 2.75) is 45.1 Å². The Morgan fingerprint density at radius 3 is 2.46 bits per heavy atom. The lowest BCUT2D eigenvalue weighted by molar-refractivity contribution is -0.384. The number of benzene rings is 1. The quantitative estimate of drug-likeness (QED) is 0.393. The van der Waals surface area contributed by atoms with Crippen LogP contribution in [0.5, 0.6) is 0 Å². The van der Waals surface area contributed by atoms with Gasteiger partial charge in [0.2, 0.25) is 5.91 Å². The summed E-state index contributed by atoms with van der Waals surface area (Å²) in [6, 6.07) is 4.29. The molecule has 2 N–H and O–H groups in total. The van der Waals surface area contributed by atoms with E-state index >= 15 is 0 Å². The molecule has 2 aliphatic rings. The van der Waals surface area contributed by atoms with Crippen LogP contribution in [-0.4, -0.2) is 69.6 Å². The number of halogens is 1. The molecule has 0 bridgehead atoms. The summed E-state index contributed by atoms with van der Waals surface area (Å²) in [6.07, 6.45) is 7.14. The molecule has 2 fully saturated rings. The van der Waals surface area contributed by atoms with Crippen LogP contribution in [0.15, 0.2) is 35.1 Å². The molecule has 0 saturated carbocycles. The van der Waals surface area contributed by atoms with Crippen molar-refractivity contribution in [2.75, 3.05) is 36.8 Å². The lowest BCUT2D eigenvalue weighted by Crippen LogP contribution is -2.45. The van der Waals surface area contributed by atoms with Crippen LogP contribution in [0.4, 0.5) is 17.1 Å².